The van der Waals surface area contributed by atoms with E-state index in [2.05, 4.69) is 125 Å². The minimum Gasteiger partial charge on any atom is -0.310 e. The fraction of sp³-hybridized carbons (Fsp3) is 0.500. The molecule has 2 atom stereocenters. The van der Waals surface area contributed by atoms with Crippen molar-refractivity contribution in [2.75, 3.05) is 13.1 Å². The van der Waals surface area contributed by atoms with Crippen molar-refractivity contribution < 1.29 is 0 Å². The molecule has 0 saturated carbocycles. The van der Waals surface area contributed by atoms with Crippen molar-refractivity contribution in [2.45, 2.75) is 101 Å². The van der Waals surface area contributed by atoms with Crippen LogP contribution in [-0.4, -0.2) is 35.0 Å². The van der Waals surface area contributed by atoms with E-state index in [9.17, 15) is 0 Å². The van der Waals surface area contributed by atoms with E-state index in [0.717, 1.165) is 0 Å². The van der Waals surface area contributed by atoms with Gasteiger partial charge in [0.05, 0.1) is 0 Å². The van der Waals surface area contributed by atoms with Crippen LogP contribution >= 0.6 is 15.8 Å². The summed E-state index contributed by atoms with van der Waals surface area (Å²) >= 11 is 0. The second kappa shape index (κ2) is 12.8. The molecule has 2 heterocycles. The Bertz CT molecular complexity index is 1200. The maximum absolute atomic E-state index is 3.94. The van der Waals surface area contributed by atoms with Gasteiger partial charge in [-0.1, -0.05) is 118 Å². The molecule has 2 nitrogen and oxygen atoms in total. The van der Waals surface area contributed by atoms with Gasteiger partial charge in [0.1, 0.15) is 0 Å². The summed E-state index contributed by atoms with van der Waals surface area (Å²) in [6, 6.07) is 27.4. The molecular formula is C36H50N2P2. The van der Waals surface area contributed by atoms with Crippen molar-refractivity contribution in [1.29, 1.82) is 0 Å². The number of nitrogens with one attached hydrogen (secondary N) is 2. The van der Waals surface area contributed by atoms with E-state index in [0.29, 0.717) is 21.9 Å². The molecule has 0 aliphatic carbocycles. The Balaban J connectivity index is 1.67. The van der Waals surface area contributed by atoms with Crippen molar-refractivity contribution in [3.63, 3.8) is 0 Å². The smallest absolute Gasteiger partial charge is 0.0286 e. The Morgan fingerprint density at radius 2 is 1.05 bits per heavy atom. The molecule has 0 aromatic heterocycles. The second-order valence-corrected chi connectivity index (χ2v) is 20.2. The summed E-state index contributed by atoms with van der Waals surface area (Å²) in [4.78, 5) is 0. The molecule has 2 aliphatic rings. The van der Waals surface area contributed by atoms with E-state index in [-0.39, 0.29) is 15.8 Å². The normalized spacial score (nSPS) is 20.8. The third kappa shape index (κ3) is 7.07. The molecule has 5 rings (SSSR count). The average molecular weight is 573 g/mol. The first-order chi connectivity index (χ1) is 19.1. The number of benzene rings is 3. The second-order valence-electron chi connectivity index (χ2n) is 13.7. The lowest BCUT2D eigenvalue weighted by Crippen LogP contribution is -2.30. The van der Waals surface area contributed by atoms with Crippen LogP contribution in [0.5, 0.6) is 0 Å². The highest BCUT2D eigenvalue weighted by Crippen LogP contribution is 2.62. The van der Waals surface area contributed by atoms with Crippen LogP contribution in [0.25, 0.3) is 22.3 Å². The van der Waals surface area contributed by atoms with E-state index < -0.39 is 0 Å². The molecule has 4 heteroatoms. The van der Waals surface area contributed by atoms with Crippen LogP contribution in [0.2, 0.25) is 0 Å². The molecule has 3 aromatic rings. The summed E-state index contributed by atoms with van der Waals surface area (Å²) in [5, 5.41) is 8.46. The highest BCUT2D eigenvalue weighted by molar-refractivity contribution is 7.60. The summed E-state index contributed by atoms with van der Waals surface area (Å²) in [7, 11) is -0.447. The molecule has 0 radical (unpaired) electrons. The van der Waals surface area contributed by atoms with Gasteiger partial charge in [-0.15, -0.1) is 0 Å². The molecule has 2 unspecified atom stereocenters. The van der Waals surface area contributed by atoms with E-state index >= 15 is 0 Å². The van der Waals surface area contributed by atoms with Crippen LogP contribution < -0.4 is 10.6 Å². The zero-order valence-corrected chi connectivity index (χ0v) is 27.4. The van der Waals surface area contributed by atoms with Crippen LogP contribution in [0.15, 0.2) is 72.8 Å². The summed E-state index contributed by atoms with van der Waals surface area (Å²) < 4.78 is 0. The monoisotopic (exact) mass is 572 g/mol. The lowest BCUT2D eigenvalue weighted by Gasteiger charge is -2.42. The van der Waals surface area contributed by atoms with Crippen molar-refractivity contribution >= 4 is 15.8 Å². The fourth-order valence-electron chi connectivity index (χ4n) is 6.88. The highest BCUT2D eigenvalue weighted by atomic mass is 31.1. The molecule has 0 bridgehead atoms. The maximum atomic E-state index is 3.94. The molecule has 3 aromatic carbocycles. The van der Waals surface area contributed by atoms with Gasteiger partial charge in [-0.2, -0.15) is 0 Å². The lowest BCUT2D eigenvalue weighted by molar-refractivity contribution is 0.702. The molecule has 2 fully saturated rings. The standard InChI is InChI=1S/C36H50N2P2/c1-35(2,3)40(36(4,5)6)26-30-24-32(28-17-11-8-12-18-28)31(27-15-9-7-10-16-27)23-29(30)25-39(33-19-13-21-37-33)34-20-14-22-38-34/h7-12,15-18,23-24,33-34,37-38H,13-14,19-22,25-26H2,1-6H3. The van der Waals surface area contributed by atoms with E-state index in [1.807, 2.05) is 0 Å². The van der Waals surface area contributed by atoms with Crippen LogP contribution in [0.3, 0.4) is 0 Å². The Morgan fingerprint density at radius 3 is 1.43 bits per heavy atom. The van der Waals surface area contributed by atoms with Crippen LogP contribution in [0.4, 0.5) is 0 Å². The van der Waals surface area contributed by atoms with E-state index in [1.54, 1.807) is 11.1 Å². The third-order valence-electron chi connectivity index (χ3n) is 8.68. The number of hydrogen-bond acceptors (Lipinski definition) is 2. The molecule has 40 heavy (non-hydrogen) atoms. The molecule has 0 spiro atoms. The van der Waals surface area contributed by atoms with Crippen LogP contribution in [0.1, 0.15) is 78.4 Å². The quantitative estimate of drug-likeness (QED) is 0.263. The predicted octanol–water partition coefficient (Wildman–Crippen LogP) is 10.0. The molecule has 214 valence electrons. The number of rotatable bonds is 8. The zero-order valence-electron chi connectivity index (χ0n) is 25.6. The Labute approximate surface area is 246 Å². The Hall–Kier alpha value is -1.56. The van der Waals surface area contributed by atoms with Gasteiger partial charge in [-0.25, -0.2) is 0 Å². The third-order valence-corrected chi connectivity index (χ3v) is 15.8. The first-order valence-corrected chi connectivity index (χ1v) is 18.6. The largest absolute Gasteiger partial charge is 0.310 e. The predicted molar refractivity (Wildman–Crippen MR) is 180 cm³/mol. The van der Waals surface area contributed by atoms with Crippen LogP contribution in [0, 0.1) is 0 Å². The van der Waals surface area contributed by atoms with Crippen molar-refractivity contribution in [1.82, 2.24) is 10.6 Å². The Morgan fingerprint density at radius 1 is 0.625 bits per heavy atom. The van der Waals surface area contributed by atoms with Gasteiger partial charge >= 0.3 is 0 Å². The van der Waals surface area contributed by atoms with Gasteiger partial charge in [-0.3, -0.25) is 0 Å². The van der Waals surface area contributed by atoms with Gasteiger partial charge in [0, 0.05) is 11.6 Å². The number of hydrogen-bond donors (Lipinski definition) is 2. The first kappa shape index (κ1) is 29.9. The van der Waals surface area contributed by atoms with Crippen molar-refractivity contribution in [3.05, 3.63) is 83.9 Å². The molecular weight excluding hydrogens is 522 g/mol. The zero-order chi connectivity index (χ0) is 28.3. The minimum absolute atomic E-state index is 0.197. The van der Waals surface area contributed by atoms with Gasteiger partial charge in [-0.05, 0) is 107 Å². The van der Waals surface area contributed by atoms with Gasteiger partial charge in [0.25, 0.3) is 0 Å². The fourth-order valence-corrected chi connectivity index (χ4v) is 13.8. The summed E-state index contributed by atoms with van der Waals surface area (Å²) in [5.74, 6) is 1.36. The van der Waals surface area contributed by atoms with Crippen molar-refractivity contribution in [2.24, 2.45) is 0 Å². The van der Waals surface area contributed by atoms with Crippen molar-refractivity contribution in [3.8, 4) is 22.3 Å². The van der Waals surface area contributed by atoms with Crippen LogP contribution in [-0.2, 0) is 12.3 Å². The summed E-state index contributed by atoms with van der Waals surface area (Å²) in [6.07, 6.45) is 7.72. The maximum Gasteiger partial charge on any atom is 0.0286 e. The topological polar surface area (TPSA) is 24.1 Å². The van der Waals surface area contributed by atoms with Gasteiger partial charge < -0.3 is 10.6 Å². The average Bonchev–Trinajstić information content (AvgIpc) is 3.65. The first-order valence-electron chi connectivity index (χ1n) is 15.4. The minimum atomic E-state index is -0.250. The molecule has 2 aliphatic heterocycles. The van der Waals surface area contributed by atoms with Gasteiger partial charge in [0.2, 0.25) is 0 Å². The summed E-state index contributed by atoms with van der Waals surface area (Å²) in [6.45, 7) is 17.2. The Kier molecular flexibility index (Phi) is 9.54. The SMILES string of the molecule is CC(C)(C)P(Cc1cc(-c2ccccc2)c(-c2ccccc2)cc1CP(C1CCCN1)C1CCCN1)C(C)(C)C. The molecule has 0 amide bonds. The lowest BCUT2D eigenvalue weighted by atomic mass is 9.91. The molecule has 2 N–H and O–H groups in total. The van der Waals surface area contributed by atoms with Gasteiger partial charge in [0.15, 0.2) is 0 Å². The molecule has 2 saturated heterocycles. The summed E-state index contributed by atoms with van der Waals surface area (Å²) in [5.41, 5.74) is 8.61. The van der Waals surface area contributed by atoms with E-state index in [1.165, 1.54) is 73.4 Å². The highest BCUT2D eigenvalue weighted by Gasteiger charge is 2.36. The van der Waals surface area contributed by atoms with E-state index in [4.69, 9.17) is 0 Å².